The second-order valence-corrected chi connectivity index (χ2v) is 15.1. The van der Waals surface area contributed by atoms with E-state index >= 15 is 0 Å². The number of nitrogens with zero attached hydrogens (tertiary/aromatic N) is 1. The molecule has 3 unspecified atom stereocenters. The number of β-lactam (4-membered cyclic amide) rings is 1. The molecule has 7 nitrogen and oxygen atoms in total. The number of carboxylic acid groups (broad SMARTS) is 1. The summed E-state index contributed by atoms with van der Waals surface area (Å²) in [7, 11) is -2.88. The lowest BCUT2D eigenvalue weighted by Gasteiger charge is -2.49. The lowest BCUT2D eigenvalue weighted by Crippen LogP contribution is -2.67. The molecule has 0 bridgehead atoms. The Kier molecular flexibility index (Phi) is 8.37. The number of esters is 1. The molecule has 0 saturated carbocycles. The molecule has 204 valence electrons. The fourth-order valence-corrected chi connectivity index (χ4v) is 10.2. The fraction of sp³-hybridized carbons (Fsp3) is 0.323. The second kappa shape index (κ2) is 11.6. The smallest absolute Gasteiger partial charge is 0.326 e. The van der Waals surface area contributed by atoms with Crippen molar-refractivity contribution in [2.75, 3.05) is 6.61 Å². The van der Waals surface area contributed by atoms with Crippen LogP contribution in [0, 0.1) is 0 Å². The largest absolute Gasteiger partial charge is 0.480 e. The van der Waals surface area contributed by atoms with Gasteiger partial charge in [-0.1, -0.05) is 112 Å². The number of likely N-dealkylation sites (tertiary alicyclic amines) is 1. The third kappa shape index (κ3) is 5.53. The van der Waals surface area contributed by atoms with Gasteiger partial charge in [0.1, 0.15) is 12.1 Å². The standard InChI is InChI=1S/C31H35NO6Si/c1-22(33)38-28-27(23-14-8-5-9-15-23)32(29(28)34)26(30(35)36)20-21-37-39(31(2,3)4,24-16-10-6-11-17-24)25-18-12-7-13-19-25/h5-19,26-28H,20-21H2,1-4H3,(H,35,36). The predicted molar refractivity (Wildman–Crippen MR) is 151 cm³/mol. The minimum absolute atomic E-state index is 0.0850. The van der Waals surface area contributed by atoms with Crippen LogP contribution in [0.2, 0.25) is 5.04 Å². The van der Waals surface area contributed by atoms with Gasteiger partial charge < -0.3 is 19.2 Å². The number of carbonyl (C=O) groups is 3. The summed E-state index contributed by atoms with van der Waals surface area (Å²) in [5, 5.41) is 12.1. The number of aliphatic carboxylic acids is 1. The highest BCUT2D eigenvalue weighted by molar-refractivity contribution is 6.99. The normalized spacial score (nSPS) is 18.3. The van der Waals surface area contributed by atoms with Crippen molar-refractivity contribution in [3.63, 3.8) is 0 Å². The summed E-state index contributed by atoms with van der Waals surface area (Å²) in [4.78, 5) is 38.7. The highest BCUT2D eigenvalue weighted by Gasteiger charge is 2.55. The maximum Gasteiger partial charge on any atom is 0.326 e. The number of rotatable bonds is 10. The van der Waals surface area contributed by atoms with Crippen LogP contribution < -0.4 is 10.4 Å². The van der Waals surface area contributed by atoms with Crippen molar-refractivity contribution in [2.24, 2.45) is 0 Å². The third-order valence-electron chi connectivity index (χ3n) is 7.27. The lowest BCUT2D eigenvalue weighted by atomic mass is 9.88. The van der Waals surface area contributed by atoms with Gasteiger partial charge in [-0.05, 0) is 21.0 Å². The molecular formula is C31H35NO6Si. The van der Waals surface area contributed by atoms with Crippen molar-refractivity contribution in [2.45, 2.75) is 57.3 Å². The Labute approximate surface area is 230 Å². The molecule has 0 aliphatic carbocycles. The number of hydrogen-bond donors (Lipinski definition) is 1. The summed E-state index contributed by atoms with van der Waals surface area (Å²) < 4.78 is 12.2. The Morgan fingerprint density at radius 3 is 1.82 bits per heavy atom. The van der Waals surface area contributed by atoms with E-state index in [1.54, 1.807) is 12.1 Å². The molecule has 1 aliphatic heterocycles. The summed E-state index contributed by atoms with van der Waals surface area (Å²) in [5.74, 6) is -2.23. The summed E-state index contributed by atoms with van der Waals surface area (Å²) in [6, 6.07) is 27.4. The van der Waals surface area contributed by atoms with E-state index in [4.69, 9.17) is 9.16 Å². The lowest BCUT2D eigenvalue weighted by molar-refractivity contribution is -0.190. The van der Waals surface area contributed by atoms with Crippen LogP contribution in [-0.4, -0.2) is 54.9 Å². The van der Waals surface area contributed by atoms with Crippen LogP contribution >= 0.6 is 0 Å². The van der Waals surface area contributed by atoms with Crippen molar-refractivity contribution in [3.05, 3.63) is 96.6 Å². The van der Waals surface area contributed by atoms with Gasteiger partial charge in [0, 0.05) is 20.0 Å². The van der Waals surface area contributed by atoms with Gasteiger partial charge in [-0.2, -0.15) is 0 Å². The highest BCUT2D eigenvalue weighted by Crippen LogP contribution is 2.40. The van der Waals surface area contributed by atoms with E-state index in [1.165, 1.54) is 11.8 Å². The van der Waals surface area contributed by atoms with Crippen LogP contribution in [-0.2, 0) is 23.5 Å². The summed E-state index contributed by atoms with van der Waals surface area (Å²) in [6.07, 6.45) is -0.967. The monoisotopic (exact) mass is 545 g/mol. The molecule has 0 radical (unpaired) electrons. The molecule has 1 fully saturated rings. The molecule has 0 spiro atoms. The predicted octanol–water partition coefficient (Wildman–Crippen LogP) is 3.92. The molecule has 3 aromatic rings. The number of amides is 1. The molecule has 3 atom stereocenters. The minimum Gasteiger partial charge on any atom is -0.480 e. The number of carboxylic acids is 1. The summed E-state index contributed by atoms with van der Waals surface area (Å²) in [6.45, 7) is 7.84. The number of ether oxygens (including phenoxy) is 1. The third-order valence-corrected chi connectivity index (χ3v) is 12.3. The van der Waals surface area contributed by atoms with Crippen LogP contribution in [0.3, 0.4) is 0 Å². The minimum atomic E-state index is -2.88. The molecule has 1 aliphatic rings. The SMILES string of the molecule is CC(=O)OC1C(=O)N(C(CCO[Si](c2ccccc2)(c2ccccc2)C(C)(C)C)C(=O)O)C1c1ccccc1. The van der Waals surface area contributed by atoms with Gasteiger partial charge in [0.15, 0.2) is 0 Å². The molecule has 1 saturated heterocycles. The van der Waals surface area contributed by atoms with Crippen LogP contribution in [0.4, 0.5) is 0 Å². The average molecular weight is 546 g/mol. The Bertz CT molecular complexity index is 1250. The van der Waals surface area contributed by atoms with Crippen LogP contribution in [0.25, 0.3) is 0 Å². The van der Waals surface area contributed by atoms with Crippen LogP contribution in [0.1, 0.15) is 45.7 Å². The first-order valence-electron chi connectivity index (χ1n) is 13.1. The molecule has 1 heterocycles. The van der Waals surface area contributed by atoms with E-state index in [-0.39, 0.29) is 18.1 Å². The summed E-state index contributed by atoms with van der Waals surface area (Å²) in [5.41, 5.74) is 0.711. The molecule has 39 heavy (non-hydrogen) atoms. The zero-order valence-corrected chi connectivity index (χ0v) is 23.7. The number of benzene rings is 3. The Balaban J connectivity index is 1.65. The Morgan fingerprint density at radius 1 is 0.897 bits per heavy atom. The van der Waals surface area contributed by atoms with E-state index in [0.717, 1.165) is 10.4 Å². The van der Waals surface area contributed by atoms with E-state index < -0.39 is 44.4 Å². The highest BCUT2D eigenvalue weighted by atomic mass is 28.4. The molecule has 8 heteroatoms. The first kappa shape index (κ1) is 28.3. The van der Waals surface area contributed by atoms with Crippen molar-refractivity contribution in [1.29, 1.82) is 0 Å². The van der Waals surface area contributed by atoms with E-state index in [1.807, 2.05) is 54.6 Å². The van der Waals surface area contributed by atoms with Gasteiger partial charge in [0.05, 0.1) is 0 Å². The van der Waals surface area contributed by atoms with Gasteiger partial charge in [0.2, 0.25) is 6.10 Å². The zero-order chi connectivity index (χ0) is 28.2. The quantitative estimate of drug-likeness (QED) is 0.236. The zero-order valence-electron chi connectivity index (χ0n) is 22.7. The van der Waals surface area contributed by atoms with Crippen molar-refractivity contribution >= 4 is 36.5 Å². The molecule has 0 aromatic heterocycles. The Morgan fingerprint density at radius 2 is 1.38 bits per heavy atom. The maximum atomic E-state index is 13.1. The molecular weight excluding hydrogens is 510 g/mol. The molecule has 1 amide bonds. The molecule has 1 N–H and O–H groups in total. The first-order valence-corrected chi connectivity index (χ1v) is 15.0. The molecule has 3 aromatic carbocycles. The van der Waals surface area contributed by atoms with Gasteiger partial charge in [0.25, 0.3) is 14.2 Å². The van der Waals surface area contributed by atoms with Crippen LogP contribution in [0.5, 0.6) is 0 Å². The van der Waals surface area contributed by atoms with E-state index in [2.05, 4.69) is 45.0 Å². The van der Waals surface area contributed by atoms with E-state index in [9.17, 15) is 19.5 Å². The summed E-state index contributed by atoms with van der Waals surface area (Å²) >= 11 is 0. The van der Waals surface area contributed by atoms with Crippen molar-refractivity contribution in [3.8, 4) is 0 Å². The number of hydrogen-bond acceptors (Lipinski definition) is 5. The molecule has 4 rings (SSSR count). The van der Waals surface area contributed by atoms with Crippen molar-refractivity contribution in [1.82, 2.24) is 4.90 Å². The van der Waals surface area contributed by atoms with Gasteiger partial charge in [-0.15, -0.1) is 0 Å². The fourth-order valence-electron chi connectivity index (χ4n) is 5.58. The average Bonchev–Trinajstić information content (AvgIpc) is 2.91. The van der Waals surface area contributed by atoms with E-state index in [0.29, 0.717) is 5.56 Å². The van der Waals surface area contributed by atoms with Gasteiger partial charge in [-0.25, -0.2) is 4.79 Å². The first-order chi connectivity index (χ1) is 18.6. The second-order valence-electron chi connectivity index (χ2n) is 10.8. The van der Waals surface area contributed by atoms with Gasteiger partial charge >= 0.3 is 11.9 Å². The number of carbonyl (C=O) groups excluding carboxylic acids is 2. The topological polar surface area (TPSA) is 93.1 Å². The van der Waals surface area contributed by atoms with Gasteiger partial charge in [-0.3, -0.25) is 9.59 Å². The van der Waals surface area contributed by atoms with Crippen molar-refractivity contribution < 1.29 is 28.7 Å². The van der Waals surface area contributed by atoms with Crippen LogP contribution in [0.15, 0.2) is 91.0 Å². The Hall–Kier alpha value is -3.75. The maximum absolute atomic E-state index is 13.1.